The number of halogens is 1. The Labute approximate surface area is 174 Å². The van der Waals surface area contributed by atoms with Crippen LogP contribution in [0, 0.1) is 20.8 Å². The monoisotopic (exact) mass is 417 g/mol. The van der Waals surface area contributed by atoms with Crippen LogP contribution in [0.3, 0.4) is 0 Å². The highest BCUT2D eigenvalue weighted by atomic mass is 35.5. The van der Waals surface area contributed by atoms with Gasteiger partial charge in [-0.25, -0.2) is 9.97 Å². The molecule has 0 aliphatic heterocycles. The van der Waals surface area contributed by atoms with Crippen LogP contribution in [0.1, 0.15) is 17.0 Å². The van der Waals surface area contributed by atoms with Crippen LogP contribution in [0.15, 0.2) is 22.7 Å². The van der Waals surface area contributed by atoms with E-state index in [-0.39, 0.29) is 6.61 Å². The Kier molecular flexibility index (Phi) is 6.36. The summed E-state index contributed by atoms with van der Waals surface area (Å²) in [4.78, 5) is 9.12. The Bertz CT molecular complexity index is 1000. The molecule has 4 N–H and O–H groups in total. The van der Waals surface area contributed by atoms with Crippen molar-refractivity contribution in [1.82, 2.24) is 20.4 Å². The van der Waals surface area contributed by atoms with Crippen molar-refractivity contribution in [2.75, 3.05) is 25.9 Å². The van der Waals surface area contributed by atoms with Crippen LogP contribution in [-0.4, -0.2) is 46.5 Å². The molecule has 0 radical (unpaired) electrons. The molecule has 0 saturated heterocycles. The van der Waals surface area contributed by atoms with Crippen molar-refractivity contribution in [3.05, 3.63) is 40.2 Å². The first-order valence-electron chi connectivity index (χ1n) is 9.14. The third kappa shape index (κ3) is 4.50. The second kappa shape index (κ2) is 8.77. The molecule has 0 saturated carbocycles. The normalized spacial score (nSPS) is 12.2. The number of hydrogen-bond donors (Lipinski definition) is 3. The summed E-state index contributed by atoms with van der Waals surface area (Å²) in [5, 5.41) is 17.2. The zero-order chi connectivity index (χ0) is 21.1. The van der Waals surface area contributed by atoms with Gasteiger partial charge in [-0.2, -0.15) is 0 Å². The number of nitrogens with one attached hydrogen (secondary N) is 1. The lowest BCUT2D eigenvalue weighted by Crippen LogP contribution is -2.29. The highest BCUT2D eigenvalue weighted by Crippen LogP contribution is 2.35. The number of aryl methyl sites for hydroxylation is 2. The van der Waals surface area contributed by atoms with Crippen LogP contribution in [-0.2, 0) is 0 Å². The van der Waals surface area contributed by atoms with Crippen LogP contribution < -0.4 is 15.8 Å². The molecule has 0 aliphatic carbocycles. The minimum Gasteiger partial charge on any atom is -0.491 e. The summed E-state index contributed by atoms with van der Waals surface area (Å²) < 4.78 is 11.0. The number of nitrogens with zero attached hydrogens (tertiary/aromatic N) is 3. The standard InChI is InChI=1S/C20H24ClN5O3/c1-10-18(17-11(2)26-29-12(17)3)24-20(25-19(10)22)15-7-14(5-6-16(15)21)28-9-13(27)8-23-4/h5-7,13,23,27H,8-9H2,1-4H3,(H2,22,24,25)/t13-/m1/s1. The largest absolute Gasteiger partial charge is 0.491 e. The molecule has 2 aromatic heterocycles. The van der Waals surface area contributed by atoms with Gasteiger partial charge in [0.25, 0.3) is 0 Å². The first-order valence-corrected chi connectivity index (χ1v) is 9.52. The van der Waals surface area contributed by atoms with Gasteiger partial charge in [-0.3, -0.25) is 0 Å². The lowest BCUT2D eigenvalue weighted by molar-refractivity contribution is 0.108. The number of nitrogens with two attached hydrogens (primary N) is 1. The number of rotatable bonds is 7. The van der Waals surface area contributed by atoms with Crippen LogP contribution >= 0.6 is 11.6 Å². The third-order valence-electron chi connectivity index (χ3n) is 4.51. The average Bonchev–Trinajstić information content (AvgIpc) is 3.02. The molecule has 154 valence electrons. The first-order chi connectivity index (χ1) is 13.8. The van der Waals surface area contributed by atoms with Gasteiger partial charge in [0.1, 0.15) is 30.0 Å². The summed E-state index contributed by atoms with van der Waals surface area (Å²) in [7, 11) is 1.76. The van der Waals surface area contributed by atoms with E-state index in [4.69, 9.17) is 31.6 Å². The number of aliphatic hydroxyl groups is 1. The van der Waals surface area contributed by atoms with Gasteiger partial charge in [-0.1, -0.05) is 16.8 Å². The van der Waals surface area contributed by atoms with Gasteiger partial charge < -0.3 is 25.4 Å². The minimum absolute atomic E-state index is 0.142. The molecule has 0 spiro atoms. The maximum atomic E-state index is 9.84. The Hall–Kier alpha value is -2.68. The fraction of sp³-hybridized carbons (Fsp3) is 0.350. The smallest absolute Gasteiger partial charge is 0.163 e. The zero-order valence-corrected chi connectivity index (χ0v) is 17.5. The van der Waals surface area contributed by atoms with Crippen molar-refractivity contribution < 1.29 is 14.4 Å². The van der Waals surface area contributed by atoms with E-state index in [0.717, 1.165) is 16.8 Å². The molecule has 1 aromatic carbocycles. The summed E-state index contributed by atoms with van der Waals surface area (Å²) in [5.74, 6) is 1.91. The van der Waals surface area contributed by atoms with Gasteiger partial charge in [-0.15, -0.1) is 0 Å². The van der Waals surface area contributed by atoms with Crippen molar-refractivity contribution in [1.29, 1.82) is 0 Å². The number of aliphatic hydroxyl groups excluding tert-OH is 1. The third-order valence-corrected chi connectivity index (χ3v) is 4.84. The van der Waals surface area contributed by atoms with Gasteiger partial charge in [0.2, 0.25) is 0 Å². The fourth-order valence-electron chi connectivity index (χ4n) is 2.97. The molecule has 0 bridgehead atoms. The van der Waals surface area contributed by atoms with E-state index in [0.29, 0.717) is 46.0 Å². The van der Waals surface area contributed by atoms with Crippen molar-refractivity contribution in [3.8, 4) is 28.4 Å². The highest BCUT2D eigenvalue weighted by Gasteiger charge is 2.20. The van der Waals surface area contributed by atoms with Crippen molar-refractivity contribution in [2.24, 2.45) is 0 Å². The number of hydrogen-bond acceptors (Lipinski definition) is 8. The number of aromatic nitrogens is 3. The van der Waals surface area contributed by atoms with E-state index >= 15 is 0 Å². The van der Waals surface area contributed by atoms with Gasteiger partial charge in [0.15, 0.2) is 5.82 Å². The van der Waals surface area contributed by atoms with Crippen molar-refractivity contribution in [2.45, 2.75) is 26.9 Å². The van der Waals surface area contributed by atoms with Crippen LogP contribution in [0.2, 0.25) is 5.02 Å². The molecule has 29 heavy (non-hydrogen) atoms. The predicted octanol–water partition coefficient (Wildman–Crippen LogP) is 2.92. The fourth-order valence-corrected chi connectivity index (χ4v) is 3.17. The Morgan fingerprint density at radius 3 is 2.69 bits per heavy atom. The summed E-state index contributed by atoms with van der Waals surface area (Å²) in [6.45, 7) is 6.10. The molecular weight excluding hydrogens is 394 g/mol. The van der Waals surface area contributed by atoms with E-state index in [2.05, 4.69) is 15.5 Å². The maximum absolute atomic E-state index is 9.84. The van der Waals surface area contributed by atoms with E-state index in [9.17, 15) is 5.11 Å². The van der Waals surface area contributed by atoms with E-state index < -0.39 is 6.10 Å². The van der Waals surface area contributed by atoms with Crippen LogP contribution in [0.4, 0.5) is 5.82 Å². The maximum Gasteiger partial charge on any atom is 0.163 e. The molecule has 9 heteroatoms. The van der Waals surface area contributed by atoms with Gasteiger partial charge in [0, 0.05) is 17.7 Å². The molecule has 1 atom stereocenters. The summed E-state index contributed by atoms with van der Waals surface area (Å²) in [6.07, 6.45) is -0.628. The number of likely N-dealkylation sites (N-methyl/N-ethyl adjacent to an activating group) is 1. The quantitative estimate of drug-likeness (QED) is 0.536. The highest BCUT2D eigenvalue weighted by molar-refractivity contribution is 6.33. The summed E-state index contributed by atoms with van der Waals surface area (Å²) >= 11 is 6.41. The average molecular weight is 418 g/mol. The molecule has 2 heterocycles. The van der Waals surface area contributed by atoms with E-state index in [1.807, 2.05) is 20.8 Å². The SMILES string of the molecule is CNC[C@@H](O)COc1ccc(Cl)c(-c2nc(N)c(C)c(-c3c(C)noc3C)n2)c1. The Morgan fingerprint density at radius 1 is 1.28 bits per heavy atom. The number of benzene rings is 1. The second-order valence-electron chi connectivity index (χ2n) is 6.77. The lowest BCUT2D eigenvalue weighted by atomic mass is 10.1. The Balaban J connectivity index is 2.01. The Morgan fingerprint density at radius 2 is 2.03 bits per heavy atom. The van der Waals surface area contributed by atoms with Crippen LogP contribution in [0.25, 0.3) is 22.6 Å². The van der Waals surface area contributed by atoms with E-state index in [1.165, 1.54) is 0 Å². The molecule has 3 aromatic rings. The summed E-state index contributed by atoms with van der Waals surface area (Å²) in [6, 6.07) is 5.16. The van der Waals surface area contributed by atoms with Gasteiger partial charge in [0.05, 0.1) is 22.0 Å². The minimum atomic E-state index is -0.628. The zero-order valence-electron chi connectivity index (χ0n) is 16.8. The molecule has 0 fully saturated rings. The molecule has 0 unspecified atom stereocenters. The first kappa shape index (κ1) is 21.0. The van der Waals surface area contributed by atoms with Crippen molar-refractivity contribution in [3.63, 3.8) is 0 Å². The van der Waals surface area contributed by atoms with Crippen LogP contribution in [0.5, 0.6) is 5.75 Å². The van der Waals surface area contributed by atoms with Gasteiger partial charge in [-0.05, 0) is 46.0 Å². The lowest BCUT2D eigenvalue weighted by Gasteiger charge is -2.14. The predicted molar refractivity (Wildman–Crippen MR) is 112 cm³/mol. The molecular formula is C20H24ClN5O3. The second-order valence-corrected chi connectivity index (χ2v) is 7.18. The summed E-state index contributed by atoms with van der Waals surface area (Å²) in [5.41, 5.74) is 9.64. The number of anilines is 1. The topological polar surface area (TPSA) is 119 Å². The molecule has 8 nitrogen and oxygen atoms in total. The molecule has 0 aliphatic rings. The van der Waals surface area contributed by atoms with Gasteiger partial charge >= 0.3 is 0 Å². The molecule has 3 rings (SSSR count). The number of ether oxygens (including phenoxy) is 1. The molecule has 0 amide bonds. The number of nitrogen functional groups attached to an aromatic ring is 1. The van der Waals surface area contributed by atoms with E-state index in [1.54, 1.807) is 25.2 Å². The van der Waals surface area contributed by atoms with Crippen molar-refractivity contribution >= 4 is 17.4 Å².